The first-order chi connectivity index (χ1) is 8.16. The summed E-state index contributed by atoms with van der Waals surface area (Å²) < 4.78 is 0. The highest BCUT2D eigenvalue weighted by Crippen LogP contribution is 2.06. The fraction of sp³-hybridized carbons (Fsp3) is 0.400. The molecule has 2 rings (SSSR count). The van der Waals surface area contributed by atoms with E-state index in [9.17, 15) is 9.59 Å². The van der Waals surface area contributed by atoms with E-state index >= 15 is 0 Å². The van der Waals surface area contributed by atoms with Crippen LogP contribution in [0.1, 0.15) is 18.5 Å². The summed E-state index contributed by atoms with van der Waals surface area (Å²) >= 11 is 0. The zero-order valence-corrected chi connectivity index (χ0v) is 9.43. The molecule has 2 heterocycles. The maximum absolute atomic E-state index is 11.7. The van der Waals surface area contributed by atoms with Crippen LogP contribution in [0.3, 0.4) is 0 Å². The van der Waals surface area contributed by atoms with E-state index in [4.69, 9.17) is 0 Å². The lowest BCUT2D eigenvalue weighted by atomic mass is 10.1. The molecule has 2 N–H and O–H groups in total. The van der Waals surface area contributed by atoms with Gasteiger partial charge in [0.25, 0.3) is 5.91 Å². The van der Waals surface area contributed by atoms with E-state index in [1.807, 2.05) is 0 Å². The van der Waals surface area contributed by atoms with Crippen molar-refractivity contribution in [3.63, 3.8) is 0 Å². The smallest absolute Gasteiger partial charge is 0.267 e. The van der Waals surface area contributed by atoms with Crippen molar-refractivity contribution in [2.24, 2.45) is 5.10 Å². The number of H-pyrrole nitrogens is 1. The Balaban J connectivity index is 1.92. The highest BCUT2D eigenvalue weighted by atomic mass is 16.2. The number of rotatable bonds is 3. The number of aromatic nitrogens is 2. The Hall–Kier alpha value is -2.18. The van der Waals surface area contributed by atoms with Gasteiger partial charge in [0.2, 0.25) is 5.91 Å². The van der Waals surface area contributed by atoms with E-state index in [2.05, 4.69) is 20.4 Å². The van der Waals surface area contributed by atoms with Crippen LogP contribution in [0.4, 0.5) is 0 Å². The quantitative estimate of drug-likeness (QED) is 0.749. The second kappa shape index (κ2) is 4.77. The molecule has 17 heavy (non-hydrogen) atoms. The number of aromatic amines is 1. The van der Waals surface area contributed by atoms with E-state index in [1.165, 1.54) is 5.01 Å². The zero-order chi connectivity index (χ0) is 12.3. The van der Waals surface area contributed by atoms with Crippen LogP contribution in [-0.4, -0.2) is 39.6 Å². The van der Waals surface area contributed by atoms with E-state index in [1.54, 1.807) is 19.6 Å². The summed E-state index contributed by atoms with van der Waals surface area (Å²) in [5.74, 6) is -0.325. The fourth-order valence-electron chi connectivity index (χ4n) is 1.49. The minimum absolute atomic E-state index is 0.0740. The molecule has 0 aromatic carbocycles. The predicted molar refractivity (Wildman–Crippen MR) is 59.9 cm³/mol. The van der Waals surface area contributed by atoms with Gasteiger partial charge in [0, 0.05) is 26.1 Å². The van der Waals surface area contributed by atoms with Gasteiger partial charge in [0.05, 0.1) is 18.6 Å². The lowest BCUT2D eigenvalue weighted by Gasteiger charge is -2.18. The predicted octanol–water partition coefficient (Wildman–Crippen LogP) is -0.366. The Bertz CT molecular complexity index is 451. The van der Waals surface area contributed by atoms with Crippen LogP contribution in [0.2, 0.25) is 0 Å². The number of hydrogen-bond acceptors (Lipinski definition) is 4. The Kier molecular flexibility index (Phi) is 3.17. The lowest BCUT2D eigenvalue weighted by Crippen LogP contribution is -2.37. The first kappa shape index (κ1) is 11.3. The summed E-state index contributed by atoms with van der Waals surface area (Å²) in [4.78, 5) is 29.6. The third-order valence-electron chi connectivity index (χ3n) is 2.46. The second-order valence-electron chi connectivity index (χ2n) is 3.72. The highest BCUT2D eigenvalue weighted by molar-refractivity contribution is 6.39. The third-order valence-corrected chi connectivity index (χ3v) is 2.46. The topological polar surface area (TPSA) is 90.4 Å². The van der Waals surface area contributed by atoms with Gasteiger partial charge < -0.3 is 10.3 Å². The van der Waals surface area contributed by atoms with Gasteiger partial charge in [-0.25, -0.2) is 9.99 Å². The lowest BCUT2D eigenvalue weighted by molar-refractivity contribution is -0.130. The number of nitrogens with zero attached hydrogens (tertiary/aromatic N) is 3. The molecule has 0 saturated heterocycles. The maximum Gasteiger partial charge on any atom is 0.267 e. The first-order valence-corrected chi connectivity index (χ1v) is 5.26. The molecule has 1 aliphatic rings. The average molecular weight is 235 g/mol. The summed E-state index contributed by atoms with van der Waals surface area (Å²) in [5.41, 5.74) is 1.20. The van der Waals surface area contributed by atoms with Crippen molar-refractivity contribution < 1.29 is 9.59 Å². The molecule has 7 nitrogen and oxygen atoms in total. The maximum atomic E-state index is 11.7. The molecule has 0 spiro atoms. The molecule has 2 amide bonds. The van der Waals surface area contributed by atoms with Crippen LogP contribution in [0.15, 0.2) is 17.6 Å². The molecule has 1 aliphatic heterocycles. The number of carbonyl (C=O) groups is 2. The molecule has 0 bridgehead atoms. The van der Waals surface area contributed by atoms with E-state index < -0.39 is 0 Å². The van der Waals surface area contributed by atoms with Crippen LogP contribution >= 0.6 is 0 Å². The molecule has 1 aromatic heterocycles. The van der Waals surface area contributed by atoms with Crippen molar-refractivity contribution in [3.05, 3.63) is 18.2 Å². The van der Waals surface area contributed by atoms with Gasteiger partial charge in [-0.05, 0) is 0 Å². The Morgan fingerprint density at radius 2 is 2.41 bits per heavy atom. The summed E-state index contributed by atoms with van der Waals surface area (Å²) in [7, 11) is 1.55. The van der Waals surface area contributed by atoms with Crippen LogP contribution in [0.5, 0.6) is 0 Å². The van der Waals surface area contributed by atoms with Crippen LogP contribution in [-0.2, 0) is 16.1 Å². The fourth-order valence-corrected chi connectivity index (χ4v) is 1.49. The minimum Gasteiger partial charge on any atom is -0.347 e. The van der Waals surface area contributed by atoms with Crippen molar-refractivity contribution in [1.29, 1.82) is 0 Å². The number of hydrogen-bond donors (Lipinski definition) is 2. The standard InChI is InChI=1S/C10H13N5O2/c1-15-9(16)3-2-8(14-15)10(17)12-5-7-4-11-6-13-7/h4,6H,2-3,5H2,1H3,(H,11,13)(H,12,17). The van der Waals surface area contributed by atoms with Crippen molar-refractivity contribution in [1.82, 2.24) is 20.3 Å². The average Bonchev–Trinajstić information content (AvgIpc) is 2.82. The molecule has 0 radical (unpaired) electrons. The van der Waals surface area contributed by atoms with Gasteiger partial charge in [0.1, 0.15) is 5.71 Å². The molecule has 90 valence electrons. The SMILES string of the molecule is CN1N=C(C(=O)NCc2cnc[nH]2)CCC1=O. The zero-order valence-electron chi connectivity index (χ0n) is 9.43. The highest BCUT2D eigenvalue weighted by Gasteiger charge is 2.21. The van der Waals surface area contributed by atoms with Crippen molar-refractivity contribution in [2.75, 3.05) is 7.05 Å². The van der Waals surface area contributed by atoms with Gasteiger partial charge in [-0.1, -0.05) is 0 Å². The summed E-state index contributed by atoms with van der Waals surface area (Å²) in [6.45, 7) is 0.371. The summed E-state index contributed by atoms with van der Waals surface area (Å²) in [5, 5.41) is 7.84. The number of hydrazone groups is 1. The molecule has 0 atom stereocenters. The summed E-state index contributed by atoms with van der Waals surface area (Å²) in [6, 6.07) is 0. The van der Waals surface area contributed by atoms with Crippen LogP contribution in [0.25, 0.3) is 0 Å². The first-order valence-electron chi connectivity index (χ1n) is 5.26. The third kappa shape index (κ3) is 2.68. The Labute approximate surface area is 97.9 Å². The Morgan fingerprint density at radius 1 is 1.59 bits per heavy atom. The number of carbonyl (C=O) groups excluding carboxylic acids is 2. The van der Waals surface area contributed by atoms with Gasteiger partial charge >= 0.3 is 0 Å². The van der Waals surface area contributed by atoms with E-state index in [0.717, 1.165) is 5.69 Å². The van der Waals surface area contributed by atoms with Gasteiger partial charge in [-0.2, -0.15) is 5.10 Å². The van der Waals surface area contributed by atoms with Crippen molar-refractivity contribution in [2.45, 2.75) is 19.4 Å². The minimum atomic E-state index is -0.251. The van der Waals surface area contributed by atoms with Crippen molar-refractivity contribution >= 4 is 17.5 Å². The molecule has 0 unspecified atom stereocenters. The van der Waals surface area contributed by atoms with Crippen molar-refractivity contribution in [3.8, 4) is 0 Å². The van der Waals surface area contributed by atoms with E-state index in [-0.39, 0.29) is 11.8 Å². The van der Waals surface area contributed by atoms with Crippen LogP contribution < -0.4 is 5.32 Å². The molecule has 7 heteroatoms. The molecular weight excluding hydrogens is 222 g/mol. The van der Waals surface area contributed by atoms with Gasteiger partial charge in [0.15, 0.2) is 0 Å². The van der Waals surface area contributed by atoms with Gasteiger partial charge in [-0.15, -0.1) is 0 Å². The van der Waals surface area contributed by atoms with E-state index in [0.29, 0.717) is 25.1 Å². The molecule has 0 fully saturated rings. The molecular formula is C10H13N5O2. The monoisotopic (exact) mass is 235 g/mol. The largest absolute Gasteiger partial charge is 0.347 e. The molecule has 1 aromatic rings. The van der Waals surface area contributed by atoms with Crippen LogP contribution in [0, 0.1) is 0 Å². The number of imidazole rings is 1. The molecule has 0 aliphatic carbocycles. The normalized spacial score (nSPS) is 15.7. The van der Waals surface area contributed by atoms with Gasteiger partial charge in [-0.3, -0.25) is 9.59 Å². The molecule has 0 saturated carbocycles. The Morgan fingerprint density at radius 3 is 3.06 bits per heavy atom. The number of amides is 2. The second-order valence-corrected chi connectivity index (χ2v) is 3.72. The number of nitrogens with one attached hydrogen (secondary N) is 2. The summed E-state index contributed by atoms with van der Waals surface area (Å²) in [6.07, 6.45) is 3.90.